The molecule has 21 heavy (non-hydrogen) atoms. The van der Waals surface area contributed by atoms with E-state index < -0.39 is 11.7 Å². The first kappa shape index (κ1) is 15.4. The van der Waals surface area contributed by atoms with Gasteiger partial charge in [0.1, 0.15) is 16.7 Å². The standard InChI is InChI=1S/C14H10Cl2FN3O/c15-10-7-12(20-13(10)16)14(21)19-9-3-4-11(17)8(6-9)2-1-5-18/h3-4,6-7,20H,5,18H2,(H,19,21). The molecule has 0 saturated heterocycles. The number of carbonyl (C=O) groups excluding carboxylic acids is 1. The molecule has 1 aromatic carbocycles. The number of benzene rings is 1. The zero-order valence-electron chi connectivity index (χ0n) is 10.6. The number of rotatable bonds is 2. The Kier molecular flexibility index (Phi) is 4.86. The van der Waals surface area contributed by atoms with Crippen LogP contribution in [-0.2, 0) is 0 Å². The number of carbonyl (C=O) groups is 1. The Morgan fingerprint density at radius 1 is 1.38 bits per heavy atom. The number of amides is 1. The summed E-state index contributed by atoms with van der Waals surface area (Å²) in [5.74, 6) is 4.20. The maximum Gasteiger partial charge on any atom is 0.272 e. The van der Waals surface area contributed by atoms with Crippen LogP contribution in [0, 0.1) is 17.7 Å². The molecular weight excluding hydrogens is 316 g/mol. The van der Waals surface area contributed by atoms with Gasteiger partial charge in [-0.1, -0.05) is 35.0 Å². The van der Waals surface area contributed by atoms with Gasteiger partial charge in [-0.25, -0.2) is 4.39 Å². The average molecular weight is 326 g/mol. The summed E-state index contributed by atoms with van der Waals surface area (Å²) in [6.45, 7) is 0.121. The van der Waals surface area contributed by atoms with Crippen LogP contribution < -0.4 is 11.1 Å². The number of nitrogens with one attached hydrogen (secondary N) is 2. The molecule has 0 spiro atoms. The van der Waals surface area contributed by atoms with Crippen molar-refractivity contribution in [1.29, 1.82) is 0 Å². The van der Waals surface area contributed by atoms with Crippen LogP contribution in [0.5, 0.6) is 0 Å². The van der Waals surface area contributed by atoms with Gasteiger partial charge in [0, 0.05) is 5.69 Å². The van der Waals surface area contributed by atoms with Gasteiger partial charge < -0.3 is 16.0 Å². The first-order chi connectivity index (χ1) is 10.0. The number of hydrogen-bond donors (Lipinski definition) is 3. The highest BCUT2D eigenvalue weighted by Gasteiger charge is 2.12. The average Bonchev–Trinajstić information content (AvgIpc) is 2.79. The molecule has 1 heterocycles. The third kappa shape index (κ3) is 3.76. The molecule has 108 valence electrons. The van der Waals surface area contributed by atoms with Crippen LogP contribution in [0.3, 0.4) is 0 Å². The van der Waals surface area contributed by atoms with Crippen LogP contribution in [0.4, 0.5) is 10.1 Å². The van der Waals surface area contributed by atoms with E-state index in [-0.39, 0.29) is 28.0 Å². The SMILES string of the molecule is NCC#Cc1cc(NC(=O)c2cc(Cl)c(Cl)[nH]2)ccc1F. The minimum atomic E-state index is -0.486. The molecule has 0 atom stereocenters. The van der Waals surface area contributed by atoms with Gasteiger partial charge in [-0.2, -0.15) is 0 Å². The molecule has 4 nitrogen and oxygen atoms in total. The summed E-state index contributed by atoms with van der Waals surface area (Å²) < 4.78 is 13.5. The first-order valence-electron chi connectivity index (χ1n) is 5.85. The molecular formula is C14H10Cl2FN3O. The van der Waals surface area contributed by atoms with Crippen molar-refractivity contribution in [3.63, 3.8) is 0 Å². The molecule has 2 aromatic rings. The van der Waals surface area contributed by atoms with Crippen LogP contribution in [0.25, 0.3) is 0 Å². The number of aromatic nitrogens is 1. The Morgan fingerprint density at radius 3 is 2.76 bits per heavy atom. The van der Waals surface area contributed by atoms with Crippen LogP contribution in [0.1, 0.15) is 16.1 Å². The number of nitrogens with two attached hydrogens (primary N) is 1. The zero-order valence-corrected chi connectivity index (χ0v) is 12.1. The highest BCUT2D eigenvalue weighted by Crippen LogP contribution is 2.22. The third-order valence-corrected chi connectivity index (χ3v) is 3.21. The smallest absolute Gasteiger partial charge is 0.272 e. The minimum absolute atomic E-state index is 0.121. The maximum atomic E-state index is 13.5. The summed E-state index contributed by atoms with van der Waals surface area (Å²) in [6.07, 6.45) is 0. The fraction of sp³-hybridized carbons (Fsp3) is 0.0714. The lowest BCUT2D eigenvalue weighted by molar-refractivity contribution is 0.102. The minimum Gasteiger partial charge on any atom is -0.340 e. The number of halogens is 3. The molecule has 0 radical (unpaired) electrons. The van der Waals surface area contributed by atoms with E-state index in [0.29, 0.717) is 5.69 Å². The Morgan fingerprint density at radius 2 is 2.14 bits per heavy atom. The van der Waals surface area contributed by atoms with Crippen molar-refractivity contribution in [2.75, 3.05) is 11.9 Å². The van der Waals surface area contributed by atoms with Crippen molar-refractivity contribution in [3.05, 3.63) is 51.5 Å². The van der Waals surface area contributed by atoms with Crippen molar-refractivity contribution in [3.8, 4) is 11.8 Å². The van der Waals surface area contributed by atoms with Crippen LogP contribution in [-0.4, -0.2) is 17.4 Å². The fourth-order valence-electron chi connectivity index (χ4n) is 1.57. The van der Waals surface area contributed by atoms with E-state index in [4.69, 9.17) is 28.9 Å². The number of hydrogen-bond acceptors (Lipinski definition) is 2. The summed E-state index contributed by atoms with van der Waals surface area (Å²) in [7, 11) is 0. The van der Waals surface area contributed by atoms with E-state index >= 15 is 0 Å². The molecule has 1 aromatic heterocycles. The van der Waals surface area contributed by atoms with E-state index in [1.54, 1.807) is 0 Å². The van der Waals surface area contributed by atoms with Crippen molar-refractivity contribution in [2.24, 2.45) is 5.73 Å². The number of H-pyrrole nitrogens is 1. The van der Waals surface area contributed by atoms with Crippen molar-refractivity contribution < 1.29 is 9.18 Å². The van der Waals surface area contributed by atoms with Gasteiger partial charge in [0.05, 0.1) is 17.1 Å². The molecule has 0 unspecified atom stereocenters. The summed E-state index contributed by atoms with van der Waals surface area (Å²) in [6, 6.07) is 5.46. The van der Waals surface area contributed by atoms with E-state index in [9.17, 15) is 9.18 Å². The van der Waals surface area contributed by atoms with Gasteiger partial charge >= 0.3 is 0 Å². The van der Waals surface area contributed by atoms with E-state index in [1.807, 2.05) is 0 Å². The molecule has 0 aliphatic rings. The van der Waals surface area contributed by atoms with Crippen molar-refractivity contribution in [2.45, 2.75) is 0 Å². The van der Waals surface area contributed by atoms with E-state index in [1.165, 1.54) is 24.3 Å². The second-order valence-corrected chi connectivity index (χ2v) is 4.78. The molecule has 4 N–H and O–H groups in total. The molecule has 0 aliphatic heterocycles. The third-order valence-electron chi connectivity index (χ3n) is 2.52. The molecule has 0 saturated carbocycles. The highest BCUT2D eigenvalue weighted by molar-refractivity contribution is 6.41. The lowest BCUT2D eigenvalue weighted by atomic mass is 10.2. The Balaban J connectivity index is 2.21. The lowest BCUT2D eigenvalue weighted by Gasteiger charge is -2.05. The molecule has 7 heteroatoms. The fourth-order valence-corrected chi connectivity index (χ4v) is 1.88. The highest BCUT2D eigenvalue weighted by atomic mass is 35.5. The molecule has 0 fully saturated rings. The van der Waals surface area contributed by atoms with E-state index in [2.05, 4.69) is 22.1 Å². The Hall–Kier alpha value is -2.00. The zero-order chi connectivity index (χ0) is 15.4. The number of aromatic amines is 1. The van der Waals surface area contributed by atoms with Gasteiger partial charge in [-0.15, -0.1) is 0 Å². The van der Waals surface area contributed by atoms with E-state index in [0.717, 1.165) is 0 Å². The molecule has 1 amide bonds. The summed E-state index contributed by atoms with van der Waals surface area (Å²) in [4.78, 5) is 14.6. The van der Waals surface area contributed by atoms with Crippen LogP contribution >= 0.6 is 23.2 Å². The molecule has 0 aliphatic carbocycles. The predicted molar refractivity (Wildman–Crippen MR) is 81.1 cm³/mol. The summed E-state index contributed by atoms with van der Waals surface area (Å²) >= 11 is 11.5. The van der Waals surface area contributed by atoms with Gasteiger partial charge in [0.15, 0.2) is 0 Å². The summed E-state index contributed by atoms with van der Waals surface area (Å²) in [5, 5.41) is 3.01. The second kappa shape index (κ2) is 6.64. The van der Waals surface area contributed by atoms with Crippen LogP contribution in [0.2, 0.25) is 10.2 Å². The molecule has 0 bridgehead atoms. The second-order valence-electron chi connectivity index (χ2n) is 4.00. The maximum absolute atomic E-state index is 13.5. The Labute approximate surface area is 130 Å². The van der Waals surface area contributed by atoms with Gasteiger partial charge in [-0.3, -0.25) is 4.79 Å². The van der Waals surface area contributed by atoms with Gasteiger partial charge in [0.25, 0.3) is 5.91 Å². The molecule has 2 rings (SSSR count). The van der Waals surface area contributed by atoms with Crippen molar-refractivity contribution >= 4 is 34.8 Å². The largest absolute Gasteiger partial charge is 0.340 e. The lowest BCUT2D eigenvalue weighted by Crippen LogP contribution is -2.12. The topological polar surface area (TPSA) is 70.9 Å². The van der Waals surface area contributed by atoms with Gasteiger partial charge in [-0.05, 0) is 24.3 Å². The quantitative estimate of drug-likeness (QED) is 0.743. The first-order valence-corrected chi connectivity index (χ1v) is 6.60. The van der Waals surface area contributed by atoms with Gasteiger partial charge in [0.2, 0.25) is 0 Å². The van der Waals surface area contributed by atoms with Crippen molar-refractivity contribution in [1.82, 2.24) is 4.98 Å². The monoisotopic (exact) mass is 325 g/mol. The summed E-state index contributed by atoms with van der Waals surface area (Å²) in [5.41, 5.74) is 5.99. The number of anilines is 1. The van der Waals surface area contributed by atoms with Crippen LogP contribution in [0.15, 0.2) is 24.3 Å². The normalized spacial score (nSPS) is 9.90. The predicted octanol–water partition coefficient (Wildman–Crippen LogP) is 3.02. The Bertz CT molecular complexity index is 727.